The first-order chi connectivity index (χ1) is 10.7. The standard InChI is InChI=1S/C18H22BN2O/c1-3-10-18-20-15(2)21-19(22-18,16-11-6-4-7-12-16)17-13-8-5-9-14-17/h4-9,11-14,18H,3,10H2,1-2H3,(H,20,21)/q-1/t18-/m1/s1. The first-order valence-corrected chi connectivity index (χ1v) is 8.01. The van der Waals surface area contributed by atoms with E-state index in [9.17, 15) is 0 Å². The van der Waals surface area contributed by atoms with Crippen LogP contribution >= 0.6 is 0 Å². The molecule has 22 heavy (non-hydrogen) atoms. The first-order valence-electron chi connectivity index (χ1n) is 8.01. The van der Waals surface area contributed by atoms with Gasteiger partial charge < -0.3 is 14.9 Å². The Bertz CT molecular complexity index is 603. The summed E-state index contributed by atoms with van der Waals surface area (Å²) in [6.07, 6.45) is 2.04. The minimum atomic E-state index is -1.58. The van der Waals surface area contributed by atoms with Crippen LogP contribution in [0.25, 0.3) is 0 Å². The van der Waals surface area contributed by atoms with Crippen LogP contribution in [-0.2, 0) is 4.65 Å². The van der Waals surface area contributed by atoms with Crippen LogP contribution in [0.5, 0.6) is 0 Å². The molecule has 0 aliphatic carbocycles. The van der Waals surface area contributed by atoms with Crippen molar-refractivity contribution in [1.29, 1.82) is 0 Å². The van der Waals surface area contributed by atoms with Crippen molar-refractivity contribution in [1.82, 2.24) is 5.32 Å². The summed E-state index contributed by atoms with van der Waals surface area (Å²) in [6, 6.07) is 20.7. The van der Waals surface area contributed by atoms with Crippen molar-refractivity contribution >= 4 is 23.2 Å². The van der Waals surface area contributed by atoms with Crippen molar-refractivity contribution in [3.8, 4) is 0 Å². The lowest BCUT2D eigenvalue weighted by molar-refractivity contribution is 0.164. The summed E-state index contributed by atoms with van der Waals surface area (Å²) in [4.78, 5) is 4.93. The van der Waals surface area contributed by atoms with Crippen molar-refractivity contribution in [3.63, 3.8) is 0 Å². The molecule has 1 aliphatic heterocycles. The fourth-order valence-corrected chi connectivity index (χ4v) is 3.17. The van der Waals surface area contributed by atoms with Crippen molar-refractivity contribution in [2.45, 2.75) is 32.9 Å². The molecule has 3 nitrogen and oxygen atoms in total. The minimum Gasteiger partial charge on any atom is -0.547 e. The number of benzene rings is 2. The Kier molecular flexibility index (Phi) is 4.30. The number of hydrogen-bond acceptors (Lipinski definition) is 3. The molecular weight excluding hydrogens is 271 g/mol. The average Bonchev–Trinajstić information content (AvgIpc) is 2.56. The van der Waals surface area contributed by atoms with E-state index in [0.717, 1.165) is 29.6 Å². The number of hydrogen-bond donors (Lipinski definition) is 1. The molecule has 0 aromatic heterocycles. The summed E-state index contributed by atoms with van der Waals surface area (Å²) in [6.45, 7) is 2.61. The summed E-state index contributed by atoms with van der Waals surface area (Å²) >= 11 is 0. The van der Waals surface area contributed by atoms with Gasteiger partial charge in [-0.1, -0.05) is 74.0 Å². The SMILES string of the molecule is CCC[C@@H]1NC(C)=N[B-](c2ccccc2)(c2ccccc2)O1. The van der Waals surface area contributed by atoms with E-state index in [1.54, 1.807) is 0 Å². The Morgan fingerprint density at radius 2 is 1.55 bits per heavy atom. The van der Waals surface area contributed by atoms with E-state index in [1.165, 1.54) is 0 Å². The average molecular weight is 293 g/mol. The van der Waals surface area contributed by atoms with Crippen LogP contribution in [0, 0.1) is 0 Å². The summed E-state index contributed by atoms with van der Waals surface area (Å²) < 4.78 is 6.52. The van der Waals surface area contributed by atoms with Crippen molar-refractivity contribution in [2.75, 3.05) is 0 Å². The molecule has 0 saturated heterocycles. The second-order valence-electron chi connectivity index (χ2n) is 5.84. The lowest BCUT2D eigenvalue weighted by Gasteiger charge is -2.47. The Morgan fingerprint density at radius 3 is 2.05 bits per heavy atom. The molecule has 0 unspecified atom stereocenters. The predicted molar refractivity (Wildman–Crippen MR) is 93.9 cm³/mol. The van der Waals surface area contributed by atoms with E-state index in [1.807, 2.05) is 43.3 Å². The van der Waals surface area contributed by atoms with Gasteiger partial charge >= 0.3 is 0 Å². The maximum Gasteiger partial charge on any atom is 0.285 e. The zero-order valence-electron chi connectivity index (χ0n) is 13.2. The molecule has 0 radical (unpaired) electrons. The Hall–Kier alpha value is -2.07. The van der Waals surface area contributed by atoms with Gasteiger partial charge in [-0.25, -0.2) is 0 Å². The molecule has 4 heteroatoms. The van der Waals surface area contributed by atoms with E-state index in [0.29, 0.717) is 0 Å². The fourth-order valence-electron chi connectivity index (χ4n) is 3.17. The molecule has 0 saturated carbocycles. The minimum absolute atomic E-state index is 0.00270. The highest BCUT2D eigenvalue weighted by molar-refractivity contribution is 6.97. The maximum absolute atomic E-state index is 6.52. The molecule has 3 rings (SSSR count). The topological polar surface area (TPSA) is 33.6 Å². The third-order valence-corrected chi connectivity index (χ3v) is 4.16. The molecule has 1 N–H and O–H groups in total. The number of nitrogens with one attached hydrogen (secondary N) is 1. The first kappa shape index (κ1) is 14.9. The molecule has 2 aromatic rings. The number of nitrogens with zero attached hydrogens (tertiary/aromatic N) is 1. The molecule has 2 aromatic carbocycles. The largest absolute Gasteiger partial charge is 0.547 e. The molecule has 1 heterocycles. The number of amidine groups is 1. The lowest BCUT2D eigenvalue weighted by atomic mass is 9.42. The van der Waals surface area contributed by atoms with Gasteiger partial charge in [0, 0.05) is 0 Å². The summed E-state index contributed by atoms with van der Waals surface area (Å²) in [5.74, 6) is 0.942. The molecule has 114 valence electrons. The predicted octanol–water partition coefficient (Wildman–Crippen LogP) is 2.41. The van der Waals surface area contributed by atoms with E-state index in [4.69, 9.17) is 9.56 Å². The van der Waals surface area contributed by atoms with Crippen LogP contribution in [-0.4, -0.2) is 18.5 Å². The second kappa shape index (κ2) is 6.36. The summed E-state index contributed by atoms with van der Waals surface area (Å²) in [5, 5.41) is 3.35. The van der Waals surface area contributed by atoms with E-state index < -0.39 is 6.48 Å². The zero-order chi connectivity index (χ0) is 15.4. The molecular formula is C18H22BN2O-. The summed E-state index contributed by atoms with van der Waals surface area (Å²) in [5.41, 5.74) is 2.24. The van der Waals surface area contributed by atoms with Gasteiger partial charge in [0.15, 0.2) is 0 Å². The highest BCUT2D eigenvalue weighted by atomic mass is 16.5. The van der Waals surface area contributed by atoms with Crippen molar-refractivity contribution in [3.05, 3.63) is 60.7 Å². The van der Waals surface area contributed by atoms with Crippen LogP contribution in [0.15, 0.2) is 65.6 Å². The van der Waals surface area contributed by atoms with Gasteiger partial charge in [0.2, 0.25) is 0 Å². The molecule has 0 spiro atoms. The normalized spacial score (nSPS) is 20.1. The lowest BCUT2D eigenvalue weighted by Crippen LogP contribution is -2.66. The Balaban J connectivity index is 2.14. The van der Waals surface area contributed by atoms with Gasteiger partial charge in [0.25, 0.3) is 6.48 Å². The smallest absolute Gasteiger partial charge is 0.285 e. The van der Waals surface area contributed by atoms with Gasteiger partial charge in [-0.2, -0.15) is 10.9 Å². The molecule has 0 bridgehead atoms. The van der Waals surface area contributed by atoms with Gasteiger partial charge in [-0.3, -0.25) is 0 Å². The number of rotatable bonds is 4. The second-order valence-corrected chi connectivity index (χ2v) is 5.84. The molecule has 1 aliphatic rings. The van der Waals surface area contributed by atoms with Crippen molar-refractivity contribution in [2.24, 2.45) is 4.90 Å². The van der Waals surface area contributed by atoms with Crippen LogP contribution in [0.2, 0.25) is 0 Å². The van der Waals surface area contributed by atoms with Gasteiger partial charge in [0.05, 0.1) is 12.1 Å². The van der Waals surface area contributed by atoms with E-state index in [2.05, 4.69) is 36.5 Å². The zero-order valence-corrected chi connectivity index (χ0v) is 13.2. The summed E-state index contributed by atoms with van der Waals surface area (Å²) in [7, 11) is 0. The monoisotopic (exact) mass is 293 g/mol. The molecule has 0 amide bonds. The van der Waals surface area contributed by atoms with Crippen LogP contribution in [0.4, 0.5) is 0 Å². The Labute approximate surface area is 132 Å². The maximum atomic E-state index is 6.52. The van der Waals surface area contributed by atoms with Gasteiger partial charge in [0.1, 0.15) is 0 Å². The third-order valence-electron chi connectivity index (χ3n) is 4.16. The highest BCUT2D eigenvalue weighted by Gasteiger charge is 2.34. The highest BCUT2D eigenvalue weighted by Crippen LogP contribution is 2.17. The van der Waals surface area contributed by atoms with Crippen LogP contribution in [0.3, 0.4) is 0 Å². The van der Waals surface area contributed by atoms with Crippen molar-refractivity contribution < 1.29 is 4.65 Å². The quantitative estimate of drug-likeness (QED) is 0.878. The van der Waals surface area contributed by atoms with Crippen LogP contribution < -0.4 is 16.2 Å². The molecule has 0 fully saturated rings. The van der Waals surface area contributed by atoms with Crippen LogP contribution in [0.1, 0.15) is 26.7 Å². The third kappa shape index (κ3) is 2.79. The molecule has 1 atom stereocenters. The Morgan fingerprint density at radius 1 is 1.00 bits per heavy atom. The van der Waals surface area contributed by atoms with E-state index in [-0.39, 0.29) is 6.23 Å². The van der Waals surface area contributed by atoms with E-state index >= 15 is 0 Å². The van der Waals surface area contributed by atoms with Gasteiger partial charge in [-0.15, -0.1) is 0 Å². The van der Waals surface area contributed by atoms with Gasteiger partial charge in [-0.05, 0) is 13.3 Å². The fraction of sp³-hybridized carbons (Fsp3) is 0.278.